The molecule has 0 saturated heterocycles. The summed E-state index contributed by atoms with van der Waals surface area (Å²) < 4.78 is 0. The minimum absolute atomic E-state index is 0.0519. The van der Waals surface area contributed by atoms with Crippen LogP contribution in [0.3, 0.4) is 0 Å². The number of nitrogens with zero attached hydrogens (tertiary/aromatic N) is 1. The molecule has 3 amide bonds. The van der Waals surface area contributed by atoms with Crippen LogP contribution in [0, 0.1) is 5.92 Å². The smallest absolute Gasteiger partial charge is 0.328 e. The lowest BCUT2D eigenvalue weighted by Crippen LogP contribution is -2.60. The lowest BCUT2D eigenvalue weighted by molar-refractivity contribution is -0.143. The van der Waals surface area contributed by atoms with E-state index in [2.05, 4.69) is 25.9 Å². The van der Waals surface area contributed by atoms with E-state index in [1.807, 2.05) is 0 Å². The monoisotopic (exact) mass is 456 g/mol. The third kappa shape index (κ3) is 7.90. The number of carboxylic acid groups (broad SMARTS) is 1. The largest absolute Gasteiger partial charge is 0.480 e. The van der Waals surface area contributed by atoms with Gasteiger partial charge in [-0.25, -0.2) is 9.78 Å². The Bertz CT molecular complexity index is 770. The highest BCUT2D eigenvalue weighted by atomic mass is 16.4. The standard InChI is InChI=1S/C19H32N6O7/c1-4-9(2)15(25-17(29)14(20)10(3)27)18(30)23-12(5-11-6-21-8-22-11)16(28)24-13(7-26)19(31)32/h6,8-10,12-15,26-27H,4-5,7,20H2,1-3H3,(H,21,22)(H,23,30)(H,24,28)(H,25,29)(H,31,32). The zero-order valence-electron chi connectivity index (χ0n) is 18.2. The molecule has 0 aliphatic carbocycles. The second-order valence-electron chi connectivity index (χ2n) is 7.56. The van der Waals surface area contributed by atoms with E-state index in [9.17, 15) is 29.4 Å². The van der Waals surface area contributed by atoms with Crippen LogP contribution in [-0.2, 0) is 25.6 Å². The van der Waals surface area contributed by atoms with Gasteiger partial charge in [-0.05, 0) is 12.8 Å². The summed E-state index contributed by atoms with van der Waals surface area (Å²) >= 11 is 0. The first kappa shape index (κ1) is 27.0. The summed E-state index contributed by atoms with van der Waals surface area (Å²) in [5.74, 6) is -4.06. The van der Waals surface area contributed by atoms with Crippen molar-refractivity contribution in [1.82, 2.24) is 25.9 Å². The molecular formula is C19H32N6O7. The molecule has 180 valence electrons. The number of aliphatic hydroxyl groups excluding tert-OH is 2. The molecule has 0 aliphatic heterocycles. The number of carbonyl (C=O) groups is 4. The molecule has 13 heteroatoms. The Kier molecular flexibility index (Phi) is 10.7. The summed E-state index contributed by atoms with van der Waals surface area (Å²) in [4.78, 5) is 55.8. The van der Waals surface area contributed by atoms with E-state index in [-0.39, 0.29) is 12.3 Å². The normalized spacial score (nSPS) is 16.7. The van der Waals surface area contributed by atoms with Crippen molar-refractivity contribution >= 4 is 23.7 Å². The summed E-state index contributed by atoms with van der Waals surface area (Å²) in [5, 5.41) is 35.0. The van der Waals surface area contributed by atoms with Crippen LogP contribution in [0.5, 0.6) is 0 Å². The molecular weight excluding hydrogens is 424 g/mol. The average molecular weight is 457 g/mol. The number of hydrogen-bond donors (Lipinski definition) is 8. The minimum Gasteiger partial charge on any atom is -0.480 e. The Morgan fingerprint density at radius 2 is 1.72 bits per heavy atom. The number of nitrogens with two attached hydrogens (primary N) is 1. The summed E-state index contributed by atoms with van der Waals surface area (Å²) in [6, 6.07) is -5.11. The van der Waals surface area contributed by atoms with Gasteiger partial charge in [-0.1, -0.05) is 20.3 Å². The van der Waals surface area contributed by atoms with E-state index in [0.29, 0.717) is 12.1 Å². The van der Waals surface area contributed by atoms with Crippen molar-refractivity contribution in [2.75, 3.05) is 6.61 Å². The summed E-state index contributed by atoms with van der Waals surface area (Å²) in [7, 11) is 0. The molecule has 0 spiro atoms. The van der Waals surface area contributed by atoms with Gasteiger partial charge in [0.2, 0.25) is 17.7 Å². The molecule has 6 atom stereocenters. The van der Waals surface area contributed by atoms with E-state index in [0.717, 1.165) is 0 Å². The molecule has 0 aliphatic rings. The van der Waals surface area contributed by atoms with Crippen LogP contribution in [0.2, 0.25) is 0 Å². The first-order chi connectivity index (χ1) is 15.0. The maximum atomic E-state index is 13.0. The van der Waals surface area contributed by atoms with Crippen molar-refractivity contribution < 1.29 is 34.5 Å². The molecule has 0 saturated carbocycles. The zero-order valence-corrected chi connectivity index (χ0v) is 18.2. The molecule has 1 aromatic heterocycles. The molecule has 13 nitrogen and oxygen atoms in total. The van der Waals surface area contributed by atoms with Crippen LogP contribution in [-0.4, -0.2) is 85.9 Å². The molecule has 6 unspecified atom stereocenters. The average Bonchev–Trinajstić information content (AvgIpc) is 3.26. The maximum absolute atomic E-state index is 13.0. The van der Waals surface area contributed by atoms with Crippen molar-refractivity contribution in [3.05, 3.63) is 18.2 Å². The van der Waals surface area contributed by atoms with Gasteiger partial charge in [-0.2, -0.15) is 0 Å². The molecule has 0 fully saturated rings. The third-order valence-electron chi connectivity index (χ3n) is 5.02. The van der Waals surface area contributed by atoms with Gasteiger partial charge in [0.05, 0.1) is 19.0 Å². The number of aromatic nitrogens is 2. The Morgan fingerprint density at radius 1 is 1.09 bits per heavy atom. The Hall–Kier alpha value is -3.03. The number of carboxylic acids is 1. The van der Waals surface area contributed by atoms with Crippen LogP contribution in [0.15, 0.2) is 12.5 Å². The van der Waals surface area contributed by atoms with Crippen LogP contribution >= 0.6 is 0 Å². The predicted molar refractivity (Wildman–Crippen MR) is 112 cm³/mol. The maximum Gasteiger partial charge on any atom is 0.328 e. The lowest BCUT2D eigenvalue weighted by Gasteiger charge is -2.28. The minimum atomic E-state index is -1.56. The van der Waals surface area contributed by atoms with Gasteiger partial charge in [0, 0.05) is 18.3 Å². The molecule has 9 N–H and O–H groups in total. The number of rotatable bonds is 13. The van der Waals surface area contributed by atoms with E-state index in [1.54, 1.807) is 13.8 Å². The highest BCUT2D eigenvalue weighted by Gasteiger charge is 2.33. The quantitative estimate of drug-likeness (QED) is 0.154. The highest BCUT2D eigenvalue weighted by molar-refractivity contribution is 5.94. The van der Waals surface area contributed by atoms with Crippen LogP contribution in [0.25, 0.3) is 0 Å². The SMILES string of the molecule is CCC(C)C(NC(=O)C(N)C(C)O)C(=O)NC(Cc1cnc[nH]1)C(=O)NC(CO)C(=O)O. The second kappa shape index (κ2) is 12.7. The second-order valence-corrected chi connectivity index (χ2v) is 7.56. The third-order valence-corrected chi connectivity index (χ3v) is 5.02. The first-order valence-electron chi connectivity index (χ1n) is 10.2. The number of hydrogen-bond acceptors (Lipinski definition) is 8. The van der Waals surface area contributed by atoms with Crippen molar-refractivity contribution in [3.63, 3.8) is 0 Å². The number of aliphatic hydroxyl groups is 2. The van der Waals surface area contributed by atoms with E-state index in [1.165, 1.54) is 19.4 Å². The molecule has 0 aromatic carbocycles. The fourth-order valence-electron chi connectivity index (χ4n) is 2.72. The molecule has 32 heavy (non-hydrogen) atoms. The van der Waals surface area contributed by atoms with Gasteiger partial charge in [-0.3, -0.25) is 14.4 Å². The Morgan fingerprint density at radius 3 is 2.19 bits per heavy atom. The van der Waals surface area contributed by atoms with Gasteiger partial charge in [0.1, 0.15) is 24.2 Å². The topological polar surface area (TPSA) is 220 Å². The Labute approximate surface area is 185 Å². The van der Waals surface area contributed by atoms with E-state index in [4.69, 9.17) is 10.8 Å². The molecule has 0 bridgehead atoms. The van der Waals surface area contributed by atoms with Gasteiger partial charge in [-0.15, -0.1) is 0 Å². The fourth-order valence-corrected chi connectivity index (χ4v) is 2.72. The molecule has 0 radical (unpaired) electrons. The van der Waals surface area contributed by atoms with Gasteiger partial charge in [0.15, 0.2) is 0 Å². The lowest BCUT2D eigenvalue weighted by atomic mass is 9.97. The fraction of sp³-hybridized carbons (Fsp3) is 0.632. The Balaban J connectivity index is 3.06. The summed E-state index contributed by atoms with van der Waals surface area (Å²) in [6.07, 6.45) is 2.12. The molecule has 1 rings (SSSR count). The predicted octanol–water partition coefficient (Wildman–Crippen LogP) is -2.76. The number of amides is 3. The highest BCUT2D eigenvalue weighted by Crippen LogP contribution is 2.10. The number of H-pyrrole nitrogens is 1. The molecule has 1 aromatic rings. The number of aromatic amines is 1. The van der Waals surface area contributed by atoms with Crippen molar-refractivity contribution in [2.24, 2.45) is 11.7 Å². The summed E-state index contributed by atoms with van der Waals surface area (Å²) in [5.41, 5.74) is 6.13. The number of aliphatic carboxylic acids is 1. The molecule has 1 heterocycles. The zero-order chi connectivity index (χ0) is 24.4. The van der Waals surface area contributed by atoms with Gasteiger partial charge in [0.25, 0.3) is 0 Å². The van der Waals surface area contributed by atoms with Crippen LogP contribution in [0.4, 0.5) is 0 Å². The van der Waals surface area contributed by atoms with E-state index >= 15 is 0 Å². The number of imidazole rings is 1. The van der Waals surface area contributed by atoms with Crippen LogP contribution < -0.4 is 21.7 Å². The van der Waals surface area contributed by atoms with Crippen molar-refractivity contribution in [3.8, 4) is 0 Å². The first-order valence-corrected chi connectivity index (χ1v) is 10.2. The summed E-state index contributed by atoms with van der Waals surface area (Å²) in [6.45, 7) is 4.02. The number of carbonyl (C=O) groups excluding carboxylic acids is 3. The van der Waals surface area contributed by atoms with Gasteiger partial charge >= 0.3 is 5.97 Å². The van der Waals surface area contributed by atoms with Crippen molar-refractivity contribution in [2.45, 2.75) is 63.9 Å². The van der Waals surface area contributed by atoms with Crippen LogP contribution in [0.1, 0.15) is 32.9 Å². The van der Waals surface area contributed by atoms with Gasteiger partial charge < -0.3 is 42.0 Å². The van der Waals surface area contributed by atoms with E-state index < -0.39 is 60.6 Å². The van der Waals surface area contributed by atoms with Crippen molar-refractivity contribution in [1.29, 1.82) is 0 Å². The number of nitrogens with one attached hydrogen (secondary N) is 4.